The van der Waals surface area contributed by atoms with Crippen molar-refractivity contribution < 1.29 is 19.5 Å². The number of hydrogen-bond acceptors (Lipinski definition) is 4. The van der Waals surface area contributed by atoms with Gasteiger partial charge < -0.3 is 20.4 Å². The van der Waals surface area contributed by atoms with Crippen molar-refractivity contribution in [3.63, 3.8) is 0 Å². The van der Waals surface area contributed by atoms with E-state index in [0.29, 0.717) is 0 Å². The van der Waals surface area contributed by atoms with Gasteiger partial charge in [-0.2, -0.15) is 0 Å². The zero-order chi connectivity index (χ0) is 8.20. The molecule has 0 radical (unpaired) electrons. The molecule has 0 fully saturated rings. The largest absolute Gasteiger partial charge is 0.481 e. The van der Waals surface area contributed by atoms with E-state index in [0.717, 1.165) is 0 Å². The van der Waals surface area contributed by atoms with Gasteiger partial charge in [0.1, 0.15) is 18.1 Å². The van der Waals surface area contributed by atoms with Crippen molar-refractivity contribution in [2.24, 2.45) is 5.73 Å². The fourth-order valence-electron chi connectivity index (χ4n) is 0.373. The molecule has 0 saturated heterocycles. The second-order valence-corrected chi connectivity index (χ2v) is 1.92. The van der Waals surface area contributed by atoms with Crippen LogP contribution in [-0.4, -0.2) is 29.2 Å². The molecule has 0 aromatic heterocycles. The van der Waals surface area contributed by atoms with Gasteiger partial charge in [0.05, 0.1) is 6.42 Å². The van der Waals surface area contributed by atoms with E-state index in [2.05, 4.69) is 0 Å². The maximum absolute atomic E-state index is 9.97. The summed E-state index contributed by atoms with van der Waals surface area (Å²) in [6.45, 7) is 0. The van der Waals surface area contributed by atoms with Crippen LogP contribution >= 0.6 is 0 Å². The van der Waals surface area contributed by atoms with Crippen molar-refractivity contribution in [3.8, 4) is 0 Å². The predicted octanol–water partition coefficient (Wildman–Crippen LogP) is -1.44. The molecule has 0 rings (SSSR count). The molecule has 0 atom stereocenters. The smallest absolute Gasteiger partial charge is 0.306 e. The van der Waals surface area contributed by atoms with Gasteiger partial charge in [0.25, 0.3) is 0 Å². The molecule has 0 aromatic rings. The molecule has 5 nitrogen and oxygen atoms in total. The third-order valence-corrected chi connectivity index (χ3v) is 0.896. The summed E-state index contributed by atoms with van der Waals surface area (Å²) < 4.78 is 0. The minimum absolute atomic E-state index is 0.119. The highest BCUT2D eigenvalue weighted by Crippen LogP contribution is 1.97. The quantitative estimate of drug-likeness (QED) is 0.373. The molecule has 3 N–H and O–H groups in total. The Kier molecular flexibility index (Phi) is 2.69. The minimum Gasteiger partial charge on any atom is -0.481 e. The van der Waals surface area contributed by atoms with Crippen molar-refractivity contribution in [1.82, 2.24) is 0 Å². The van der Waals surface area contributed by atoms with Crippen molar-refractivity contribution in [3.05, 3.63) is 0 Å². The summed E-state index contributed by atoms with van der Waals surface area (Å²) in [5.41, 5.74) is 3.13. The number of carboxylic acid groups (broad SMARTS) is 1. The lowest BCUT2D eigenvalue weighted by Crippen LogP contribution is -2.45. The van der Waals surface area contributed by atoms with Crippen LogP contribution in [0, 0.1) is 0 Å². The summed E-state index contributed by atoms with van der Waals surface area (Å²) in [4.78, 5) is 29.9. The van der Waals surface area contributed by atoms with Crippen LogP contribution in [0.3, 0.4) is 0 Å². The Bertz CT molecular complexity index is 157. The number of hydrogen-bond donors (Lipinski definition) is 2. The number of carboxylic acids is 1. The summed E-state index contributed by atoms with van der Waals surface area (Å²) in [5.74, 6) is -1.28. The average molecular weight is 145 g/mol. The van der Waals surface area contributed by atoms with Gasteiger partial charge in [0, 0.05) is 0 Å². The van der Waals surface area contributed by atoms with E-state index in [1.807, 2.05) is 0 Å². The normalized spacial score (nSPS) is 10.5. The van der Waals surface area contributed by atoms with Crippen LogP contribution in [0.1, 0.15) is 6.42 Å². The van der Waals surface area contributed by atoms with E-state index in [4.69, 9.17) is 10.8 Å². The molecule has 0 heterocycles. The fraction of sp³-hybridized carbons (Fsp3) is 0.400. The van der Waals surface area contributed by atoms with E-state index < -0.39 is 17.9 Å². The second-order valence-electron chi connectivity index (χ2n) is 1.92. The first-order chi connectivity index (χ1) is 4.54. The molecule has 56 valence electrons. The molecule has 0 aliphatic heterocycles. The number of rotatable bonds is 4. The highest BCUT2D eigenvalue weighted by atomic mass is 16.4. The number of nitrogens with two attached hydrogens (primary N) is 1. The van der Waals surface area contributed by atoms with Gasteiger partial charge in [-0.05, 0) is 0 Å². The number of carbonyl (C=O) groups is 3. The first-order valence-corrected chi connectivity index (χ1v) is 2.47. The third-order valence-electron chi connectivity index (χ3n) is 0.896. The molecule has 5 heteroatoms. The maximum Gasteiger partial charge on any atom is 0.306 e. The van der Waals surface area contributed by atoms with Gasteiger partial charge in [0.15, 0.2) is 0 Å². The standard InChI is InChI=1S/C5H7NO4/c6-5(2-7,3-8)1-4(9)10/h2-3H,1,6H2,(H,9,10). The Balaban J connectivity index is 4.19. The fourth-order valence-corrected chi connectivity index (χ4v) is 0.373. The van der Waals surface area contributed by atoms with Crippen molar-refractivity contribution in [1.29, 1.82) is 0 Å². The Labute approximate surface area is 56.8 Å². The Morgan fingerprint density at radius 3 is 2.00 bits per heavy atom. The second kappa shape index (κ2) is 3.07. The summed E-state index contributed by atoms with van der Waals surface area (Å²) in [6, 6.07) is 0. The summed E-state index contributed by atoms with van der Waals surface area (Å²) >= 11 is 0. The lowest BCUT2D eigenvalue weighted by atomic mass is 10.0. The number of aldehydes is 2. The zero-order valence-corrected chi connectivity index (χ0v) is 5.11. The molecule has 0 saturated carbocycles. The summed E-state index contributed by atoms with van der Waals surface area (Å²) in [5, 5.41) is 8.11. The van der Waals surface area contributed by atoms with Gasteiger partial charge in [-0.15, -0.1) is 0 Å². The molecular weight excluding hydrogens is 138 g/mol. The molecule has 0 bridgehead atoms. The highest BCUT2D eigenvalue weighted by Gasteiger charge is 2.26. The monoisotopic (exact) mass is 145 g/mol. The first-order valence-electron chi connectivity index (χ1n) is 2.47. The number of carbonyl (C=O) groups excluding carboxylic acids is 2. The molecule has 0 aliphatic rings. The van der Waals surface area contributed by atoms with Crippen molar-refractivity contribution >= 4 is 18.5 Å². The van der Waals surface area contributed by atoms with Crippen LogP contribution in [0.2, 0.25) is 0 Å². The SMILES string of the molecule is NC(C=O)(C=O)CC(=O)O. The zero-order valence-electron chi connectivity index (χ0n) is 5.11. The van der Waals surface area contributed by atoms with Gasteiger partial charge in [0.2, 0.25) is 0 Å². The Morgan fingerprint density at radius 2 is 1.90 bits per heavy atom. The molecule has 0 aliphatic carbocycles. The van der Waals surface area contributed by atoms with Crippen LogP contribution in [0.5, 0.6) is 0 Å². The van der Waals surface area contributed by atoms with Gasteiger partial charge in [-0.25, -0.2) is 0 Å². The molecule has 10 heavy (non-hydrogen) atoms. The van der Waals surface area contributed by atoms with E-state index in [1.165, 1.54) is 0 Å². The summed E-state index contributed by atoms with van der Waals surface area (Å²) in [7, 11) is 0. The molecule has 0 spiro atoms. The van der Waals surface area contributed by atoms with Crippen molar-refractivity contribution in [2.75, 3.05) is 0 Å². The van der Waals surface area contributed by atoms with Gasteiger partial charge in [-0.3, -0.25) is 4.79 Å². The van der Waals surface area contributed by atoms with Crippen LogP contribution in [0.25, 0.3) is 0 Å². The van der Waals surface area contributed by atoms with E-state index in [-0.39, 0.29) is 12.6 Å². The molecular formula is C5H7NO4. The Hall–Kier alpha value is -1.23. The van der Waals surface area contributed by atoms with E-state index >= 15 is 0 Å². The maximum atomic E-state index is 9.97. The lowest BCUT2D eigenvalue weighted by Gasteiger charge is -2.10. The first kappa shape index (κ1) is 8.77. The van der Waals surface area contributed by atoms with Crippen LogP contribution in [0.4, 0.5) is 0 Å². The van der Waals surface area contributed by atoms with E-state index in [1.54, 1.807) is 0 Å². The third kappa shape index (κ3) is 2.36. The predicted molar refractivity (Wildman–Crippen MR) is 31.3 cm³/mol. The van der Waals surface area contributed by atoms with Gasteiger partial charge >= 0.3 is 5.97 Å². The molecule has 0 aromatic carbocycles. The molecule has 0 unspecified atom stereocenters. The average Bonchev–Trinajstić information content (AvgIpc) is 1.87. The highest BCUT2D eigenvalue weighted by molar-refractivity contribution is 5.93. The van der Waals surface area contributed by atoms with E-state index in [9.17, 15) is 14.4 Å². The Morgan fingerprint density at radius 1 is 1.50 bits per heavy atom. The van der Waals surface area contributed by atoms with Crippen molar-refractivity contribution in [2.45, 2.75) is 12.0 Å². The summed E-state index contributed by atoms with van der Waals surface area (Å²) in [6.07, 6.45) is -0.428. The van der Waals surface area contributed by atoms with Gasteiger partial charge in [-0.1, -0.05) is 0 Å². The lowest BCUT2D eigenvalue weighted by molar-refractivity contribution is -0.141. The number of aliphatic carboxylic acids is 1. The van der Waals surface area contributed by atoms with Crippen LogP contribution in [0.15, 0.2) is 0 Å². The van der Waals surface area contributed by atoms with Crippen LogP contribution < -0.4 is 5.73 Å². The van der Waals surface area contributed by atoms with Crippen LogP contribution in [-0.2, 0) is 14.4 Å². The minimum atomic E-state index is -1.86. The molecule has 0 amide bonds. The topological polar surface area (TPSA) is 97.5 Å².